The Bertz CT molecular complexity index is 358. The van der Waals surface area contributed by atoms with Gasteiger partial charge in [0.15, 0.2) is 5.75 Å². The van der Waals surface area contributed by atoms with Gasteiger partial charge in [0.1, 0.15) is 0 Å². The average Bonchev–Trinajstić information content (AvgIpc) is 2.37. The number of rotatable bonds is 2. The maximum absolute atomic E-state index is 11.0. The fraction of sp³-hybridized carbons (Fsp3) is 0.167. The molecule has 58 valence electrons. The van der Waals surface area contributed by atoms with Gasteiger partial charge in [0.25, 0.3) is 10.0 Å². The zero-order chi connectivity index (χ0) is 8.32. The minimum atomic E-state index is -3.41. The van der Waals surface area contributed by atoms with Crippen LogP contribution in [0.1, 0.15) is 0 Å². The first kappa shape index (κ1) is 7.82. The van der Waals surface area contributed by atoms with E-state index in [0.717, 1.165) is 3.97 Å². The van der Waals surface area contributed by atoms with Gasteiger partial charge in [0.05, 0.1) is 6.07 Å². The maximum atomic E-state index is 11.0. The molecule has 0 radical (unpaired) electrons. The lowest BCUT2D eigenvalue weighted by atomic mass is 10.7. The lowest BCUT2D eigenvalue weighted by Gasteiger charge is -1.97. The molecule has 1 aromatic heterocycles. The Labute approximate surface area is 64.7 Å². The van der Waals surface area contributed by atoms with Crippen molar-refractivity contribution in [1.82, 2.24) is 3.97 Å². The molecule has 1 heterocycles. The first-order chi connectivity index (χ1) is 5.17. The van der Waals surface area contributed by atoms with Crippen molar-refractivity contribution in [2.24, 2.45) is 0 Å². The third kappa shape index (κ3) is 1.59. The van der Waals surface area contributed by atoms with Crippen LogP contribution in [0.25, 0.3) is 0 Å². The molecule has 1 aromatic rings. The van der Waals surface area contributed by atoms with E-state index in [1.54, 1.807) is 18.2 Å². The molecule has 0 aliphatic carbocycles. The number of nitriles is 1. The molecule has 0 aliphatic rings. The third-order valence-electron chi connectivity index (χ3n) is 1.15. The van der Waals surface area contributed by atoms with Gasteiger partial charge < -0.3 is 0 Å². The molecular weight excluding hydrogens is 164 g/mol. The topological polar surface area (TPSA) is 62.9 Å². The van der Waals surface area contributed by atoms with Crippen LogP contribution in [0.15, 0.2) is 24.5 Å². The Kier molecular flexibility index (Phi) is 1.96. The van der Waals surface area contributed by atoms with Gasteiger partial charge in [-0.1, -0.05) is 0 Å². The van der Waals surface area contributed by atoms with Crippen molar-refractivity contribution in [3.63, 3.8) is 0 Å². The highest BCUT2D eigenvalue weighted by Gasteiger charge is 2.09. The summed E-state index contributed by atoms with van der Waals surface area (Å²) in [6.45, 7) is 0. The second-order valence-electron chi connectivity index (χ2n) is 1.93. The van der Waals surface area contributed by atoms with Crippen molar-refractivity contribution in [3.8, 4) is 6.07 Å². The van der Waals surface area contributed by atoms with Crippen LogP contribution in [0.4, 0.5) is 0 Å². The van der Waals surface area contributed by atoms with Gasteiger partial charge >= 0.3 is 0 Å². The van der Waals surface area contributed by atoms with E-state index < -0.39 is 15.8 Å². The van der Waals surface area contributed by atoms with Crippen molar-refractivity contribution in [1.29, 1.82) is 5.26 Å². The molecule has 0 N–H and O–H groups in total. The van der Waals surface area contributed by atoms with Gasteiger partial charge in [-0.05, 0) is 12.1 Å². The van der Waals surface area contributed by atoms with E-state index in [9.17, 15) is 8.42 Å². The van der Waals surface area contributed by atoms with Gasteiger partial charge in [-0.15, -0.1) is 0 Å². The monoisotopic (exact) mass is 170 g/mol. The average molecular weight is 170 g/mol. The van der Waals surface area contributed by atoms with Gasteiger partial charge in [0.2, 0.25) is 0 Å². The Morgan fingerprint density at radius 3 is 2.36 bits per heavy atom. The van der Waals surface area contributed by atoms with Gasteiger partial charge in [-0.25, -0.2) is 8.42 Å². The van der Waals surface area contributed by atoms with E-state index in [2.05, 4.69) is 0 Å². The zero-order valence-electron chi connectivity index (χ0n) is 5.64. The largest absolute Gasteiger partial charge is 0.252 e. The number of hydrogen-bond acceptors (Lipinski definition) is 3. The van der Waals surface area contributed by atoms with E-state index in [-0.39, 0.29) is 0 Å². The lowest BCUT2D eigenvalue weighted by Crippen LogP contribution is -2.13. The normalized spacial score (nSPS) is 10.8. The standard InChI is InChI=1S/C6H6N2O2S/c7-3-6-11(9,10)8-4-1-2-5-8/h1-2,4-5H,6H2. The molecule has 0 saturated carbocycles. The van der Waals surface area contributed by atoms with Crippen molar-refractivity contribution >= 4 is 10.0 Å². The van der Waals surface area contributed by atoms with E-state index in [0.29, 0.717) is 0 Å². The molecule has 0 fully saturated rings. The minimum absolute atomic E-state index is 0.484. The Balaban J connectivity index is 3.04. The van der Waals surface area contributed by atoms with Crippen LogP contribution in [0.2, 0.25) is 0 Å². The Morgan fingerprint density at radius 1 is 1.36 bits per heavy atom. The van der Waals surface area contributed by atoms with Gasteiger partial charge in [-0.2, -0.15) is 5.26 Å². The van der Waals surface area contributed by atoms with Crippen LogP contribution < -0.4 is 0 Å². The summed E-state index contributed by atoms with van der Waals surface area (Å²) in [5.74, 6) is -0.484. The second kappa shape index (κ2) is 2.76. The summed E-state index contributed by atoms with van der Waals surface area (Å²) >= 11 is 0. The van der Waals surface area contributed by atoms with Crippen LogP contribution in [0.5, 0.6) is 0 Å². The molecule has 11 heavy (non-hydrogen) atoms. The van der Waals surface area contributed by atoms with Crippen LogP contribution in [-0.4, -0.2) is 18.1 Å². The van der Waals surface area contributed by atoms with Crippen molar-refractivity contribution in [3.05, 3.63) is 24.5 Å². The molecular formula is C6H6N2O2S. The quantitative estimate of drug-likeness (QED) is 0.636. The van der Waals surface area contributed by atoms with Crippen LogP contribution in [0, 0.1) is 11.3 Å². The number of nitrogens with zero attached hydrogens (tertiary/aromatic N) is 2. The molecule has 1 rings (SSSR count). The summed E-state index contributed by atoms with van der Waals surface area (Å²) in [7, 11) is -3.41. The minimum Gasteiger partial charge on any atom is -0.252 e. The number of aromatic nitrogens is 1. The summed E-state index contributed by atoms with van der Waals surface area (Å²) in [6.07, 6.45) is 2.79. The van der Waals surface area contributed by atoms with Crippen molar-refractivity contribution in [2.75, 3.05) is 5.75 Å². The van der Waals surface area contributed by atoms with Crippen LogP contribution in [-0.2, 0) is 10.0 Å². The predicted molar refractivity (Wildman–Crippen MR) is 39.2 cm³/mol. The summed E-state index contributed by atoms with van der Waals surface area (Å²) < 4.78 is 23.1. The summed E-state index contributed by atoms with van der Waals surface area (Å²) in [4.78, 5) is 0. The number of hydrogen-bond donors (Lipinski definition) is 0. The summed E-state index contributed by atoms with van der Waals surface area (Å²) in [5.41, 5.74) is 0. The second-order valence-corrected chi connectivity index (χ2v) is 3.80. The smallest absolute Gasteiger partial charge is 0.251 e. The van der Waals surface area contributed by atoms with Crippen LogP contribution >= 0.6 is 0 Å². The fourth-order valence-corrected chi connectivity index (χ4v) is 1.48. The lowest BCUT2D eigenvalue weighted by molar-refractivity contribution is 0.591. The zero-order valence-corrected chi connectivity index (χ0v) is 6.45. The molecule has 0 saturated heterocycles. The fourth-order valence-electron chi connectivity index (χ4n) is 0.660. The highest BCUT2D eigenvalue weighted by molar-refractivity contribution is 7.90. The molecule has 0 aromatic carbocycles. The molecule has 0 bridgehead atoms. The summed E-state index contributed by atoms with van der Waals surface area (Å²) in [5, 5.41) is 8.16. The van der Waals surface area contributed by atoms with Crippen LogP contribution in [0.3, 0.4) is 0 Å². The molecule has 4 nitrogen and oxygen atoms in total. The van der Waals surface area contributed by atoms with E-state index >= 15 is 0 Å². The maximum Gasteiger partial charge on any atom is 0.251 e. The molecule has 5 heteroatoms. The third-order valence-corrected chi connectivity index (χ3v) is 2.52. The van der Waals surface area contributed by atoms with Crippen molar-refractivity contribution in [2.45, 2.75) is 0 Å². The summed E-state index contributed by atoms with van der Waals surface area (Å²) in [6, 6.07) is 4.77. The molecule has 0 spiro atoms. The first-order valence-electron chi connectivity index (χ1n) is 2.90. The highest BCUT2D eigenvalue weighted by atomic mass is 32.2. The Hall–Kier alpha value is -1.28. The highest BCUT2D eigenvalue weighted by Crippen LogP contribution is 1.97. The van der Waals surface area contributed by atoms with Gasteiger partial charge in [-0.3, -0.25) is 3.97 Å². The molecule has 0 aliphatic heterocycles. The SMILES string of the molecule is N#CCS(=O)(=O)n1cccc1. The Morgan fingerprint density at radius 2 is 1.91 bits per heavy atom. The first-order valence-corrected chi connectivity index (χ1v) is 4.51. The molecule has 0 amide bonds. The predicted octanol–water partition coefficient (Wildman–Crippen LogP) is 0.190. The molecule has 0 unspecified atom stereocenters. The van der Waals surface area contributed by atoms with E-state index in [1.165, 1.54) is 12.4 Å². The van der Waals surface area contributed by atoms with Crippen molar-refractivity contribution < 1.29 is 8.42 Å². The van der Waals surface area contributed by atoms with Gasteiger partial charge in [0, 0.05) is 12.4 Å². The van der Waals surface area contributed by atoms with E-state index in [1.807, 2.05) is 0 Å². The van der Waals surface area contributed by atoms with E-state index in [4.69, 9.17) is 5.26 Å². The molecule has 0 atom stereocenters.